The molecular formula is C13H14F3NO. The lowest BCUT2D eigenvalue weighted by atomic mass is 10.1. The number of benzene rings is 1. The molecule has 0 aliphatic rings. The topological polar surface area (TPSA) is 29.1 Å². The van der Waals surface area contributed by atoms with E-state index in [4.69, 9.17) is 0 Å². The summed E-state index contributed by atoms with van der Waals surface area (Å²) in [6.45, 7) is 4.51. The second kappa shape index (κ2) is 5.25. The van der Waals surface area contributed by atoms with Crippen molar-refractivity contribution in [2.24, 2.45) is 0 Å². The number of alkyl halides is 3. The minimum atomic E-state index is -4.42. The lowest BCUT2D eigenvalue weighted by molar-refractivity contribution is -0.136. The van der Waals surface area contributed by atoms with Crippen LogP contribution in [0.2, 0.25) is 0 Å². The first-order valence-electron chi connectivity index (χ1n) is 5.35. The Morgan fingerprint density at radius 2 is 1.67 bits per heavy atom. The zero-order valence-electron chi connectivity index (χ0n) is 10.4. The van der Waals surface area contributed by atoms with Crippen LogP contribution in [0.5, 0.6) is 0 Å². The average Bonchev–Trinajstić information content (AvgIpc) is 2.27. The van der Waals surface area contributed by atoms with Crippen LogP contribution in [0.1, 0.15) is 26.3 Å². The summed E-state index contributed by atoms with van der Waals surface area (Å²) < 4.78 is 38.2. The molecule has 0 aromatic heterocycles. The third kappa shape index (κ3) is 3.35. The molecule has 0 saturated carbocycles. The molecule has 1 rings (SSSR count). The number of allylic oxidation sites excluding steroid dienone is 2. The number of carbonyl (C=O) groups excluding carboxylic acids is 1. The number of para-hydroxylation sites is 1. The van der Waals surface area contributed by atoms with Gasteiger partial charge in [-0.2, -0.15) is 13.2 Å². The molecule has 98 valence electrons. The maximum atomic E-state index is 12.7. The normalized spacial score (nSPS) is 13.0. The maximum absolute atomic E-state index is 12.7. The summed E-state index contributed by atoms with van der Waals surface area (Å²) in [5.74, 6) is -0.176. The van der Waals surface area contributed by atoms with Crippen LogP contribution in [-0.2, 0) is 11.0 Å². The fourth-order valence-electron chi connectivity index (χ4n) is 1.40. The van der Waals surface area contributed by atoms with Gasteiger partial charge in [-0.25, -0.2) is 0 Å². The molecule has 0 radical (unpaired) electrons. The smallest absolute Gasteiger partial charge is 0.358 e. The fourth-order valence-corrected chi connectivity index (χ4v) is 1.40. The summed E-state index contributed by atoms with van der Waals surface area (Å²) in [6.07, 6.45) is -4.42. The Morgan fingerprint density at radius 3 is 2.17 bits per heavy atom. The van der Waals surface area contributed by atoms with Crippen LogP contribution >= 0.6 is 0 Å². The monoisotopic (exact) mass is 257 g/mol. The van der Waals surface area contributed by atoms with Crippen molar-refractivity contribution in [2.75, 3.05) is 5.32 Å². The summed E-state index contributed by atoms with van der Waals surface area (Å²) in [7, 11) is 0. The van der Waals surface area contributed by atoms with E-state index in [1.165, 1.54) is 25.1 Å². The second-order valence-corrected chi connectivity index (χ2v) is 3.97. The fraction of sp³-hybridized carbons (Fsp3) is 0.308. The van der Waals surface area contributed by atoms with Gasteiger partial charge >= 0.3 is 6.18 Å². The molecular weight excluding hydrogens is 243 g/mol. The molecule has 0 aliphatic carbocycles. The Morgan fingerprint density at radius 1 is 1.11 bits per heavy atom. The average molecular weight is 257 g/mol. The molecule has 1 N–H and O–H groups in total. The van der Waals surface area contributed by atoms with Gasteiger partial charge in [0.05, 0.1) is 11.3 Å². The molecule has 18 heavy (non-hydrogen) atoms. The molecule has 2 nitrogen and oxygen atoms in total. The highest BCUT2D eigenvalue weighted by molar-refractivity contribution is 5.93. The molecule has 0 aliphatic heterocycles. The highest BCUT2D eigenvalue weighted by Crippen LogP contribution is 2.35. The molecule has 1 aromatic carbocycles. The van der Waals surface area contributed by atoms with Gasteiger partial charge in [0.2, 0.25) is 0 Å². The lowest BCUT2D eigenvalue weighted by Gasteiger charge is -2.15. The van der Waals surface area contributed by atoms with Gasteiger partial charge in [0, 0.05) is 11.3 Å². The Labute approximate surface area is 104 Å². The van der Waals surface area contributed by atoms with E-state index in [0.29, 0.717) is 11.3 Å². The Bertz CT molecular complexity index is 489. The molecule has 0 unspecified atom stereocenters. The van der Waals surface area contributed by atoms with Gasteiger partial charge in [-0.3, -0.25) is 4.79 Å². The van der Waals surface area contributed by atoms with Crippen LogP contribution in [0.15, 0.2) is 35.5 Å². The van der Waals surface area contributed by atoms with Crippen molar-refractivity contribution >= 4 is 11.5 Å². The van der Waals surface area contributed by atoms with Crippen LogP contribution in [-0.4, -0.2) is 5.78 Å². The van der Waals surface area contributed by atoms with Gasteiger partial charge in [0.25, 0.3) is 0 Å². The highest BCUT2D eigenvalue weighted by atomic mass is 19.4. The predicted molar refractivity (Wildman–Crippen MR) is 64.1 cm³/mol. The highest BCUT2D eigenvalue weighted by Gasteiger charge is 2.33. The molecule has 0 saturated heterocycles. The zero-order chi connectivity index (χ0) is 13.9. The van der Waals surface area contributed by atoms with Crippen molar-refractivity contribution < 1.29 is 18.0 Å². The zero-order valence-corrected chi connectivity index (χ0v) is 10.4. The first kappa shape index (κ1) is 14.3. The third-order valence-corrected chi connectivity index (χ3v) is 2.65. The summed E-state index contributed by atoms with van der Waals surface area (Å²) in [4.78, 5) is 11.1. The van der Waals surface area contributed by atoms with Crippen molar-refractivity contribution in [3.63, 3.8) is 0 Å². The molecule has 0 heterocycles. The summed E-state index contributed by atoms with van der Waals surface area (Å²) in [5, 5.41) is 2.64. The van der Waals surface area contributed by atoms with Crippen LogP contribution < -0.4 is 5.32 Å². The molecule has 0 bridgehead atoms. The van der Waals surface area contributed by atoms with Crippen LogP contribution in [0.4, 0.5) is 18.9 Å². The number of rotatable bonds is 3. The van der Waals surface area contributed by atoms with E-state index >= 15 is 0 Å². The Balaban J connectivity index is 3.14. The Kier molecular flexibility index (Phi) is 4.16. The molecule has 0 amide bonds. The third-order valence-electron chi connectivity index (χ3n) is 2.65. The van der Waals surface area contributed by atoms with Gasteiger partial charge in [-0.05, 0) is 32.9 Å². The Hall–Kier alpha value is -1.78. The van der Waals surface area contributed by atoms with Crippen molar-refractivity contribution in [3.8, 4) is 0 Å². The van der Waals surface area contributed by atoms with E-state index in [-0.39, 0.29) is 11.5 Å². The number of hydrogen-bond donors (Lipinski definition) is 1. The minimum Gasteiger partial charge on any atom is -0.358 e. The van der Waals surface area contributed by atoms with Crippen molar-refractivity contribution in [2.45, 2.75) is 26.9 Å². The van der Waals surface area contributed by atoms with E-state index in [9.17, 15) is 18.0 Å². The number of Topliss-reactive ketones (excluding diaryl/α,β-unsaturated/α-hetero) is 1. The molecule has 1 aromatic rings. The van der Waals surface area contributed by atoms with Gasteiger partial charge in [-0.1, -0.05) is 12.1 Å². The summed E-state index contributed by atoms with van der Waals surface area (Å²) in [6, 6.07) is 5.16. The standard InChI is InChI=1S/C13H14F3NO/c1-8(10(3)18)9(2)17-12-7-5-4-6-11(12)13(14,15)16/h4-7,17H,1-3H3. The van der Waals surface area contributed by atoms with E-state index in [2.05, 4.69) is 5.32 Å². The van der Waals surface area contributed by atoms with E-state index in [1.807, 2.05) is 0 Å². The molecule has 0 atom stereocenters. The van der Waals surface area contributed by atoms with Gasteiger partial charge in [0.1, 0.15) is 0 Å². The van der Waals surface area contributed by atoms with Gasteiger partial charge in [-0.15, -0.1) is 0 Å². The van der Waals surface area contributed by atoms with Crippen LogP contribution in [0.3, 0.4) is 0 Å². The maximum Gasteiger partial charge on any atom is 0.418 e. The first-order chi connectivity index (χ1) is 8.23. The van der Waals surface area contributed by atoms with Crippen molar-refractivity contribution in [1.29, 1.82) is 0 Å². The van der Waals surface area contributed by atoms with Crippen molar-refractivity contribution in [3.05, 3.63) is 41.1 Å². The van der Waals surface area contributed by atoms with E-state index < -0.39 is 11.7 Å². The van der Waals surface area contributed by atoms with Gasteiger partial charge in [0.15, 0.2) is 5.78 Å². The first-order valence-corrected chi connectivity index (χ1v) is 5.35. The summed E-state index contributed by atoms with van der Waals surface area (Å²) in [5.41, 5.74) is 0.0231. The van der Waals surface area contributed by atoms with E-state index in [0.717, 1.165) is 6.07 Å². The molecule has 0 fully saturated rings. The minimum absolute atomic E-state index is 0.0527. The largest absolute Gasteiger partial charge is 0.418 e. The number of anilines is 1. The molecule has 5 heteroatoms. The van der Waals surface area contributed by atoms with Gasteiger partial charge < -0.3 is 5.32 Å². The van der Waals surface area contributed by atoms with Crippen LogP contribution in [0.25, 0.3) is 0 Å². The second-order valence-electron chi connectivity index (χ2n) is 3.97. The van der Waals surface area contributed by atoms with E-state index in [1.54, 1.807) is 13.8 Å². The number of nitrogens with one attached hydrogen (secondary N) is 1. The van der Waals surface area contributed by atoms with Crippen molar-refractivity contribution in [1.82, 2.24) is 0 Å². The SMILES string of the molecule is CC(=O)C(C)=C(C)Nc1ccccc1C(F)(F)F. The predicted octanol–water partition coefficient (Wildman–Crippen LogP) is 4.00. The number of hydrogen-bond acceptors (Lipinski definition) is 2. The number of halogens is 3. The quantitative estimate of drug-likeness (QED) is 0.829. The lowest BCUT2D eigenvalue weighted by Crippen LogP contribution is -2.11. The molecule has 0 spiro atoms. The summed E-state index contributed by atoms with van der Waals surface area (Å²) >= 11 is 0. The number of ketones is 1. The number of carbonyl (C=O) groups is 1. The van der Waals surface area contributed by atoms with Crippen LogP contribution in [0, 0.1) is 0 Å².